The lowest BCUT2D eigenvalue weighted by Crippen LogP contribution is -2.45. The van der Waals surface area contributed by atoms with Crippen LogP contribution in [-0.2, 0) is 27.2 Å². The zero-order valence-electron chi connectivity index (χ0n) is 36.2. The Kier molecular flexibility index (Phi) is 16.7. The van der Waals surface area contributed by atoms with E-state index in [1.54, 1.807) is 46.2 Å². The molecule has 0 atom stereocenters. The summed E-state index contributed by atoms with van der Waals surface area (Å²) < 4.78 is 48.0. The highest BCUT2D eigenvalue weighted by atomic mass is 35.5. The molecule has 2 saturated heterocycles. The summed E-state index contributed by atoms with van der Waals surface area (Å²) in [4.78, 5) is 51.4. The summed E-state index contributed by atoms with van der Waals surface area (Å²) >= 11 is 6.13. The lowest BCUT2D eigenvalue weighted by atomic mass is 9.75. The highest BCUT2D eigenvalue weighted by molar-refractivity contribution is 6.31. The molecule has 0 bridgehead atoms. The lowest BCUT2D eigenvalue weighted by molar-refractivity contribution is -0.136. The molecule has 0 aliphatic carbocycles. The van der Waals surface area contributed by atoms with E-state index in [1.807, 2.05) is 6.92 Å². The molecule has 4 aromatic rings. The van der Waals surface area contributed by atoms with E-state index in [0.717, 1.165) is 16.7 Å². The first-order valence-corrected chi connectivity index (χ1v) is 20.9. The number of ether oxygens (including phenoxy) is 4. The number of nitrogens with zero attached hydrogens (tertiary/aromatic N) is 4. The Morgan fingerprint density at radius 3 is 1.56 bits per heavy atom. The molecule has 336 valence electrons. The van der Waals surface area contributed by atoms with Crippen LogP contribution in [-0.4, -0.2) is 87.4 Å². The third-order valence-corrected chi connectivity index (χ3v) is 11.9. The van der Waals surface area contributed by atoms with Crippen molar-refractivity contribution in [2.75, 3.05) is 58.9 Å². The maximum Gasteiger partial charge on any atom is 0.260 e. The fourth-order valence-electron chi connectivity index (χ4n) is 7.65. The van der Waals surface area contributed by atoms with Crippen LogP contribution in [0.3, 0.4) is 0 Å². The summed E-state index contributed by atoms with van der Waals surface area (Å²) in [5.41, 5.74) is 2.07. The minimum Gasteiger partial charge on any atom is -0.496 e. The Bertz CT molecular complexity index is 2360. The first kappa shape index (κ1) is 48.3. The summed E-state index contributed by atoms with van der Waals surface area (Å²) in [6.45, 7) is 4.56. The van der Waals surface area contributed by atoms with Crippen LogP contribution >= 0.6 is 11.6 Å². The van der Waals surface area contributed by atoms with E-state index in [9.17, 15) is 38.5 Å². The average molecular weight is 898 g/mol. The molecule has 0 spiro atoms. The average Bonchev–Trinajstić information content (AvgIpc) is 3.30. The van der Waals surface area contributed by atoms with Crippen molar-refractivity contribution < 1.29 is 46.9 Å². The van der Waals surface area contributed by atoms with Crippen molar-refractivity contribution >= 4 is 41.3 Å². The molecule has 2 fully saturated rings. The molecule has 0 unspecified atom stereocenters. The number of halogens is 3. The van der Waals surface area contributed by atoms with E-state index in [1.165, 1.54) is 57.5 Å². The van der Waals surface area contributed by atoms with Gasteiger partial charge in [0.1, 0.15) is 34.6 Å². The van der Waals surface area contributed by atoms with Gasteiger partial charge in [-0.05, 0) is 98.5 Å². The van der Waals surface area contributed by atoms with Crippen molar-refractivity contribution in [3.8, 4) is 35.1 Å². The van der Waals surface area contributed by atoms with Gasteiger partial charge in [-0.3, -0.25) is 19.2 Å². The summed E-state index contributed by atoms with van der Waals surface area (Å²) in [7, 11) is 2.86. The summed E-state index contributed by atoms with van der Waals surface area (Å²) in [5.74, 6) is 0.0155. The highest BCUT2D eigenvalue weighted by Gasteiger charge is 2.38. The number of benzene rings is 4. The van der Waals surface area contributed by atoms with E-state index in [0.29, 0.717) is 105 Å². The number of aldehydes is 1. The second-order valence-electron chi connectivity index (χ2n) is 15.9. The van der Waals surface area contributed by atoms with Crippen molar-refractivity contribution in [2.24, 2.45) is 10.8 Å². The van der Waals surface area contributed by atoms with Crippen LogP contribution < -0.4 is 24.3 Å². The van der Waals surface area contributed by atoms with Crippen molar-refractivity contribution in [3.63, 3.8) is 0 Å². The number of nitrogens with one attached hydrogen (secondary N) is 1. The third-order valence-electron chi connectivity index (χ3n) is 11.5. The van der Waals surface area contributed by atoms with Crippen LogP contribution in [0.25, 0.3) is 0 Å². The van der Waals surface area contributed by atoms with Gasteiger partial charge in [-0.15, -0.1) is 0 Å². The molecule has 3 amide bonds. The second-order valence-corrected chi connectivity index (χ2v) is 16.3. The smallest absolute Gasteiger partial charge is 0.260 e. The summed E-state index contributed by atoms with van der Waals surface area (Å²) in [5, 5.41) is 22.7. The normalized spacial score (nSPS) is 15.0. The van der Waals surface area contributed by atoms with Crippen molar-refractivity contribution in [1.82, 2.24) is 9.80 Å². The predicted octanol–water partition coefficient (Wildman–Crippen LogP) is 7.91. The van der Waals surface area contributed by atoms with Gasteiger partial charge in [0.15, 0.2) is 19.5 Å². The SMILES string of the molecule is CC(=O)Nc1cc(Cl)c(C)cc1OCC(=O)N1CCC(C#N)(Cc2ccc(F)cc2)CC1.COc1cc(OCC(=O)N2CCC(C#N)(Cc3ccc(F)cc3)CC2)cc(OC)c1C=O. The maximum atomic E-state index is 13.2. The number of carbonyl (C=O) groups is 4. The fraction of sp³-hybridized carbons (Fsp3) is 0.375. The Balaban J connectivity index is 0.000000241. The number of hydrogen-bond acceptors (Lipinski definition) is 10. The Labute approximate surface area is 376 Å². The molecule has 16 heteroatoms. The van der Waals surface area contributed by atoms with Gasteiger partial charge in [0.2, 0.25) is 5.91 Å². The molecule has 4 aromatic carbocycles. The van der Waals surface area contributed by atoms with Gasteiger partial charge in [-0.2, -0.15) is 10.5 Å². The molecule has 13 nitrogen and oxygen atoms in total. The molecule has 6 rings (SSSR count). The van der Waals surface area contributed by atoms with Gasteiger partial charge < -0.3 is 34.1 Å². The van der Waals surface area contributed by atoms with Crippen LogP contribution in [0, 0.1) is 52.1 Å². The van der Waals surface area contributed by atoms with Crippen LogP contribution in [0.4, 0.5) is 14.5 Å². The number of rotatable bonds is 14. The number of hydrogen-bond donors (Lipinski definition) is 1. The Hall–Kier alpha value is -6.71. The molecular formula is C48H50ClF2N5O8. The zero-order chi connectivity index (χ0) is 46.4. The van der Waals surface area contributed by atoms with Gasteiger partial charge in [0, 0.05) is 50.3 Å². The standard InChI is InChI=1S/C24H25ClFN3O3.C24H25FN2O5/c1-16-11-22(21(12-20(16)25)28-17(2)30)32-14-23(31)29-9-7-24(15-27,8-10-29)13-18-3-5-19(26)6-4-18;1-30-21-11-19(12-22(31-2)20(21)14-28)32-15-23(29)27-9-7-24(16-26,8-10-27)13-17-3-5-18(25)6-4-17/h3-6,11-12H,7-10,13-14H2,1-2H3,(H,28,30);3-6,11-12,14H,7-10,13,15H2,1-2H3. The van der Waals surface area contributed by atoms with E-state index in [-0.39, 0.29) is 48.1 Å². The number of anilines is 1. The third kappa shape index (κ3) is 12.7. The first-order chi connectivity index (χ1) is 30.6. The van der Waals surface area contributed by atoms with E-state index in [2.05, 4.69) is 17.5 Å². The number of nitriles is 2. The van der Waals surface area contributed by atoms with Gasteiger partial charge in [-0.25, -0.2) is 8.78 Å². The van der Waals surface area contributed by atoms with E-state index < -0.39 is 10.8 Å². The highest BCUT2D eigenvalue weighted by Crippen LogP contribution is 2.37. The van der Waals surface area contributed by atoms with Crippen LogP contribution in [0.5, 0.6) is 23.0 Å². The monoisotopic (exact) mass is 897 g/mol. The number of likely N-dealkylation sites (tertiary alicyclic amines) is 2. The van der Waals surface area contributed by atoms with E-state index in [4.69, 9.17) is 30.5 Å². The second kappa shape index (κ2) is 22.1. The zero-order valence-corrected chi connectivity index (χ0v) is 36.9. The Morgan fingerprint density at radius 2 is 1.17 bits per heavy atom. The lowest BCUT2D eigenvalue weighted by Gasteiger charge is -2.37. The number of piperidine rings is 2. The van der Waals surface area contributed by atoms with Gasteiger partial charge >= 0.3 is 0 Å². The summed E-state index contributed by atoms with van der Waals surface area (Å²) in [6.07, 6.45) is 3.79. The molecule has 64 heavy (non-hydrogen) atoms. The van der Waals surface area contributed by atoms with Gasteiger partial charge in [0.25, 0.3) is 11.8 Å². The molecule has 2 aliphatic heterocycles. The topological polar surface area (TPSA) is 171 Å². The van der Waals surface area contributed by atoms with Gasteiger partial charge in [0.05, 0.1) is 48.4 Å². The number of methoxy groups -OCH3 is 2. The Morgan fingerprint density at radius 1 is 0.734 bits per heavy atom. The van der Waals surface area contributed by atoms with Crippen LogP contribution in [0.15, 0.2) is 72.8 Å². The molecule has 2 heterocycles. The van der Waals surface area contributed by atoms with Crippen LogP contribution in [0.1, 0.15) is 59.7 Å². The quantitative estimate of drug-likeness (QED) is 0.123. The van der Waals surface area contributed by atoms with Crippen LogP contribution in [0.2, 0.25) is 5.02 Å². The number of amides is 3. The maximum absolute atomic E-state index is 13.2. The van der Waals surface area contributed by atoms with E-state index >= 15 is 0 Å². The number of carbonyl (C=O) groups excluding carboxylic acids is 4. The van der Waals surface area contributed by atoms with Crippen molar-refractivity contribution in [1.29, 1.82) is 10.5 Å². The molecule has 0 aromatic heterocycles. The number of aryl methyl sites for hydroxylation is 1. The van der Waals surface area contributed by atoms with Gasteiger partial charge in [-0.1, -0.05) is 35.9 Å². The molecule has 1 N–H and O–H groups in total. The minimum absolute atomic E-state index is 0.189. The molecular weight excluding hydrogens is 848 g/mol. The van der Waals surface area contributed by atoms with Crippen molar-refractivity contribution in [3.05, 3.63) is 112 Å². The largest absolute Gasteiger partial charge is 0.496 e. The molecule has 2 aliphatic rings. The molecule has 0 saturated carbocycles. The minimum atomic E-state index is -0.582. The molecule has 0 radical (unpaired) electrons. The fourth-order valence-corrected chi connectivity index (χ4v) is 7.82. The predicted molar refractivity (Wildman–Crippen MR) is 234 cm³/mol. The first-order valence-electron chi connectivity index (χ1n) is 20.6. The summed E-state index contributed by atoms with van der Waals surface area (Å²) in [6, 6.07) is 23.5. The van der Waals surface area contributed by atoms with Crippen molar-refractivity contribution in [2.45, 2.75) is 52.4 Å².